The summed E-state index contributed by atoms with van der Waals surface area (Å²) in [5.41, 5.74) is 0.856. The zero-order chi connectivity index (χ0) is 26.7. The second kappa shape index (κ2) is 14.8. The van der Waals surface area contributed by atoms with Crippen LogP contribution >= 0.6 is 24.0 Å². The van der Waals surface area contributed by atoms with Crippen LogP contribution in [-0.2, 0) is 4.79 Å². The molecule has 3 heterocycles. The predicted octanol–water partition coefficient (Wildman–Crippen LogP) is 7.56. The van der Waals surface area contributed by atoms with Crippen molar-refractivity contribution in [3.8, 4) is 0 Å². The molecule has 1 aliphatic carbocycles. The number of hydrogen-bond donors (Lipinski definition) is 1. The van der Waals surface area contributed by atoms with Crippen LogP contribution in [0.15, 0.2) is 34.1 Å². The molecule has 2 aliphatic rings. The molecule has 1 aliphatic heterocycles. The van der Waals surface area contributed by atoms with Crippen molar-refractivity contribution in [2.75, 3.05) is 11.9 Å². The fourth-order valence-corrected chi connectivity index (χ4v) is 6.65. The summed E-state index contributed by atoms with van der Waals surface area (Å²) in [6, 6.07) is 5.83. The summed E-state index contributed by atoms with van der Waals surface area (Å²) in [4.78, 5) is 33.8. The summed E-state index contributed by atoms with van der Waals surface area (Å²) in [7, 11) is 0. The molecule has 0 bridgehead atoms. The quantitative estimate of drug-likeness (QED) is 0.148. The molecule has 2 fully saturated rings. The van der Waals surface area contributed by atoms with Gasteiger partial charge in [0, 0.05) is 18.8 Å². The topological polar surface area (TPSA) is 66.7 Å². The Labute approximate surface area is 236 Å². The highest BCUT2D eigenvalue weighted by atomic mass is 32.2. The molecule has 0 spiro atoms. The molecule has 1 N–H and O–H groups in total. The lowest BCUT2D eigenvalue weighted by Crippen LogP contribution is -2.29. The van der Waals surface area contributed by atoms with Crippen molar-refractivity contribution in [2.24, 2.45) is 0 Å². The van der Waals surface area contributed by atoms with Gasteiger partial charge in [0.1, 0.15) is 15.8 Å². The summed E-state index contributed by atoms with van der Waals surface area (Å²) < 4.78 is 2.12. The van der Waals surface area contributed by atoms with Crippen LogP contribution in [0.3, 0.4) is 0 Å². The Morgan fingerprint density at radius 1 is 1.00 bits per heavy atom. The first kappa shape index (κ1) is 28.8. The van der Waals surface area contributed by atoms with Gasteiger partial charge in [0.15, 0.2) is 0 Å². The number of anilines is 1. The van der Waals surface area contributed by atoms with Crippen molar-refractivity contribution < 1.29 is 4.79 Å². The van der Waals surface area contributed by atoms with Crippen molar-refractivity contribution >= 4 is 51.7 Å². The average Bonchev–Trinajstić information content (AvgIpc) is 3.19. The van der Waals surface area contributed by atoms with Crippen molar-refractivity contribution in [3.05, 3.63) is 45.2 Å². The lowest BCUT2D eigenvalue weighted by molar-refractivity contribution is -0.122. The number of thioether (sulfide) groups is 1. The van der Waals surface area contributed by atoms with Crippen LogP contribution in [0.2, 0.25) is 0 Å². The number of carbonyl (C=O) groups is 1. The van der Waals surface area contributed by atoms with Gasteiger partial charge >= 0.3 is 0 Å². The maximum atomic E-state index is 13.5. The molecular formula is C30H42N4O2S2. The van der Waals surface area contributed by atoms with Gasteiger partial charge in [0.25, 0.3) is 11.5 Å². The average molecular weight is 555 g/mol. The van der Waals surface area contributed by atoms with E-state index in [-0.39, 0.29) is 11.5 Å². The molecule has 0 atom stereocenters. The first-order chi connectivity index (χ1) is 18.6. The molecule has 0 radical (unpaired) electrons. The van der Waals surface area contributed by atoms with E-state index in [0.29, 0.717) is 38.8 Å². The number of aromatic nitrogens is 2. The highest BCUT2D eigenvalue weighted by Crippen LogP contribution is 2.33. The van der Waals surface area contributed by atoms with Crippen LogP contribution in [-0.4, -0.2) is 37.1 Å². The standard InChI is InChI=1S/C30H42N4O2S2/c1-2-3-4-5-6-7-8-9-10-15-21-34-29(36)25(38-30(34)37)22-24-27(31-23-17-12-11-13-18-23)32-26-19-14-16-20-33(26)28(24)35/h14,16,19-20,22-23,31H,2-13,15,17-18,21H2,1H3. The van der Waals surface area contributed by atoms with Crippen LogP contribution in [0, 0.1) is 0 Å². The first-order valence-electron chi connectivity index (χ1n) is 14.6. The second-order valence-corrected chi connectivity index (χ2v) is 12.3. The molecular weight excluding hydrogens is 512 g/mol. The van der Waals surface area contributed by atoms with Gasteiger partial charge in [0.2, 0.25) is 0 Å². The summed E-state index contributed by atoms with van der Waals surface area (Å²) in [5.74, 6) is 0.463. The maximum absolute atomic E-state index is 13.5. The lowest BCUT2D eigenvalue weighted by Gasteiger charge is -2.24. The van der Waals surface area contributed by atoms with Crippen LogP contribution in [0.5, 0.6) is 0 Å². The minimum absolute atomic E-state index is 0.0999. The Morgan fingerprint density at radius 3 is 2.39 bits per heavy atom. The molecule has 0 aromatic carbocycles. The van der Waals surface area contributed by atoms with E-state index in [1.54, 1.807) is 21.6 Å². The number of thiocarbonyl (C=S) groups is 1. The molecule has 1 saturated carbocycles. The number of hydrogen-bond acceptors (Lipinski definition) is 6. The van der Waals surface area contributed by atoms with Crippen LogP contribution in [0.4, 0.5) is 5.82 Å². The van der Waals surface area contributed by atoms with Gasteiger partial charge in [0.05, 0.1) is 10.5 Å². The SMILES string of the molecule is CCCCCCCCCCCCN1C(=O)C(=Cc2c(NC3CCCCC3)nc3ccccn3c2=O)SC1=S. The van der Waals surface area contributed by atoms with E-state index in [4.69, 9.17) is 17.2 Å². The Balaban J connectivity index is 1.39. The Morgan fingerprint density at radius 2 is 1.68 bits per heavy atom. The van der Waals surface area contributed by atoms with Gasteiger partial charge < -0.3 is 5.32 Å². The predicted molar refractivity (Wildman–Crippen MR) is 164 cm³/mol. The zero-order valence-electron chi connectivity index (χ0n) is 22.8. The third kappa shape index (κ3) is 7.69. The number of nitrogens with one attached hydrogen (secondary N) is 1. The zero-order valence-corrected chi connectivity index (χ0v) is 24.4. The number of pyridine rings is 1. The minimum Gasteiger partial charge on any atom is -0.367 e. The van der Waals surface area contributed by atoms with E-state index >= 15 is 0 Å². The van der Waals surface area contributed by atoms with Crippen LogP contribution in [0.25, 0.3) is 11.7 Å². The van der Waals surface area contributed by atoms with E-state index in [2.05, 4.69) is 12.2 Å². The van der Waals surface area contributed by atoms with E-state index in [1.807, 2.05) is 18.2 Å². The smallest absolute Gasteiger partial charge is 0.267 e. The van der Waals surface area contributed by atoms with Gasteiger partial charge in [-0.05, 0) is 37.5 Å². The fraction of sp³-hybridized carbons (Fsp3) is 0.600. The molecule has 2 aromatic heterocycles. The maximum Gasteiger partial charge on any atom is 0.267 e. The van der Waals surface area contributed by atoms with E-state index < -0.39 is 0 Å². The Bertz CT molecular complexity index is 1190. The normalized spacial score (nSPS) is 17.7. The highest BCUT2D eigenvalue weighted by Gasteiger charge is 2.32. The third-order valence-corrected chi connectivity index (χ3v) is 8.98. The molecule has 206 valence electrons. The largest absolute Gasteiger partial charge is 0.367 e. The monoisotopic (exact) mass is 554 g/mol. The highest BCUT2D eigenvalue weighted by molar-refractivity contribution is 8.26. The molecule has 8 heteroatoms. The first-order valence-corrected chi connectivity index (χ1v) is 15.8. The number of fused-ring (bicyclic) bond motifs is 1. The second-order valence-electron chi connectivity index (χ2n) is 10.6. The van der Waals surface area contributed by atoms with Gasteiger partial charge in [-0.3, -0.25) is 18.9 Å². The van der Waals surface area contributed by atoms with Crippen molar-refractivity contribution in [1.29, 1.82) is 0 Å². The number of nitrogens with zero attached hydrogens (tertiary/aromatic N) is 3. The molecule has 6 nitrogen and oxygen atoms in total. The Kier molecular flexibility index (Phi) is 11.2. The van der Waals surface area contributed by atoms with E-state index in [9.17, 15) is 9.59 Å². The van der Waals surface area contributed by atoms with Gasteiger partial charge in [-0.15, -0.1) is 0 Å². The number of amides is 1. The number of unbranched alkanes of at least 4 members (excludes halogenated alkanes) is 9. The van der Waals surface area contributed by atoms with Crippen molar-refractivity contribution in [1.82, 2.24) is 14.3 Å². The molecule has 38 heavy (non-hydrogen) atoms. The summed E-state index contributed by atoms with van der Waals surface area (Å²) in [5, 5.41) is 3.53. The summed E-state index contributed by atoms with van der Waals surface area (Å²) in [6.07, 6.45) is 21.7. The van der Waals surface area contributed by atoms with Gasteiger partial charge in [-0.2, -0.15) is 0 Å². The number of rotatable bonds is 14. The minimum atomic E-state index is -0.172. The molecule has 2 aromatic rings. The van der Waals surface area contributed by atoms with Gasteiger partial charge in [-0.25, -0.2) is 4.98 Å². The fourth-order valence-electron chi connectivity index (χ4n) is 5.36. The van der Waals surface area contributed by atoms with Crippen molar-refractivity contribution in [3.63, 3.8) is 0 Å². The number of carbonyl (C=O) groups excluding carboxylic acids is 1. The van der Waals surface area contributed by atoms with E-state index in [1.165, 1.54) is 82.4 Å². The van der Waals surface area contributed by atoms with Crippen molar-refractivity contribution in [2.45, 2.75) is 109 Å². The Hall–Kier alpha value is -2.19. The van der Waals surface area contributed by atoms with Crippen LogP contribution in [0.1, 0.15) is 109 Å². The third-order valence-electron chi connectivity index (χ3n) is 7.60. The molecule has 0 unspecified atom stereocenters. The van der Waals surface area contributed by atoms with E-state index in [0.717, 1.165) is 25.7 Å². The molecule has 1 saturated heterocycles. The lowest BCUT2D eigenvalue weighted by atomic mass is 9.95. The summed E-state index contributed by atoms with van der Waals surface area (Å²) >= 11 is 6.86. The summed E-state index contributed by atoms with van der Waals surface area (Å²) in [6.45, 7) is 2.89. The molecule has 4 rings (SSSR count). The van der Waals surface area contributed by atoms with Gasteiger partial charge in [-0.1, -0.05) is 114 Å². The van der Waals surface area contributed by atoms with Crippen LogP contribution < -0.4 is 10.9 Å². The molecule has 1 amide bonds.